The Hall–Kier alpha value is -0.770. The normalized spacial score (nSPS) is 10.8. The summed E-state index contributed by atoms with van der Waals surface area (Å²) in [5.41, 5.74) is 0. The van der Waals surface area contributed by atoms with Gasteiger partial charge in [-0.1, -0.05) is 11.6 Å². The highest BCUT2D eigenvalue weighted by atomic mass is 35.5. The largest absolute Gasteiger partial charge is 0.494 e. The second kappa shape index (κ2) is 8.34. The molecule has 0 bridgehead atoms. The lowest BCUT2D eigenvalue weighted by Crippen LogP contribution is -2.28. The summed E-state index contributed by atoms with van der Waals surface area (Å²) in [6.07, 6.45) is 1.03. The SMILES string of the molecule is CNCCN(C)CCCOc1ccc(Cl)cc1. The number of benzene rings is 1. The van der Waals surface area contributed by atoms with E-state index in [4.69, 9.17) is 16.3 Å². The van der Waals surface area contributed by atoms with E-state index in [1.807, 2.05) is 31.3 Å². The van der Waals surface area contributed by atoms with Gasteiger partial charge in [0.05, 0.1) is 6.61 Å². The van der Waals surface area contributed by atoms with Gasteiger partial charge in [0.15, 0.2) is 0 Å². The molecule has 0 heterocycles. The van der Waals surface area contributed by atoms with Crippen molar-refractivity contribution in [2.75, 3.05) is 40.3 Å². The molecule has 0 atom stereocenters. The highest BCUT2D eigenvalue weighted by Crippen LogP contribution is 2.15. The zero-order valence-electron chi connectivity index (χ0n) is 10.6. The molecule has 0 aliphatic carbocycles. The minimum Gasteiger partial charge on any atom is -0.494 e. The van der Waals surface area contributed by atoms with Crippen LogP contribution in [0, 0.1) is 0 Å². The molecular weight excluding hydrogens is 236 g/mol. The van der Waals surface area contributed by atoms with Crippen molar-refractivity contribution in [2.24, 2.45) is 0 Å². The first-order valence-corrected chi connectivity index (χ1v) is 6.31. The Labute approximate surface area is 109 Å². The van der Waals surface area contributed by atoms with Gasteiger partial charge in [-0.3, -0.25) is 0 Å². The highest BCUT2D eigenvalue weighted by Gasteiger charge is 1.98. The zero-order valence-corrected chi connectivity index (χ0v) is 11.3. The molecule has 4 heteroatoms. The van der Waals surface area contributed by atoms with Crippen LogP contribution in [0.4, 0.5) is 0 Å². The Balaban J connectivity index is 2.09. The Morgan fingerprint density at radius 2 is 1.94 bits per heavy atom. The summed E-state index contributed by atoms with van der Waals surface area (Å²) in [7, 11) is 4.09. The third kappa shape index (κ3) is 6.51. The predicted molar refractivity (Wildman–Crippen MR) is 73.0 cm³/mol. The summed E-state index contributed by atoms with van der Waals surface area (Å²) in [5.74, 6) is 0.882. The summed E-state index contributed by atoms with van der Waals surface area (Å²) in [6, 6.07) is 7.48. The fourth-order valence-electron chi connectivity index (χ4n) is 1.47. The van der Waals surface area contributed by atoms with Crippen LogP contribution in [0.25, 0.3) is 0 Å². The number of halogens is 1. The van der Waals surface area contributed by atoms with Gasteiger partial charge >= 0.3 is 0 Å². The van der Waals surface area contributed by atoms with Crippen LogP contribution >= 0.6 is 11.6 Å². The molecule has 0 fully saturated rings. The van der Waals surface area contributed by atoms with Crippen molar-refractivity contribution in [3.63, 3.8) is 0 Å². The van der Waals surface area contributed by atoms with Gasteiger partial charge in [-0.25, -0.2) is 0 Å². The first-order chi connectivity index (χ1) is 8.22. The molecule has 0 amide bonds. The molecule has 17 heavy (non-hydrogen) atoms. The molecule has 1 aromatic carbocycles. The Morgan fingerprint density at radius 1 is 1.24 bits per heavy atom. The summed E-state index contributed by atoms with van der Waals surface area (Å²) in [5, 5.41) is 3.87. The summed E-state index contributed by atoms with van der Waals surface area (Å²) < 4.78 is 5.61. The van der Waals surface area contributed by atoms with Crippen LogP contribution in [-0.4, -0.2) is 45.2 Å². The number of nitrogens with zero attached hydrogens (tertiary/aromatic N) is 1. The van der Waals surface area contributed by atoms with Crippen LogP contribution in [0.3, 0.4) is 0 Å². The molecule has 0 radical (unpaired) electrons. The molecular formula is C13H21ClN2O. The first kappa shape index (κ1) is 14.3. The van der Waals surface area contributed by atoms with Crippen molar-refractivity contribution >= 4 is 11.6 Å². The van der Waals surface area contributed by atoms with Gasteiger partial charge < -0.3 is 15.0 Å². The van der Waals surface area contributed by atoms with E-state index in [9.17, 15) is 0 Å². The van der Waals surface area contributed by atoms with E-state index in [1.54, 1.807) is 0 Å². The van der Waals surface area contributed by atoms with E-state index >= 15 is 0 Å². The fourth-order valence-corrected chi connectivity index (χ4v) is 1.60. The van der Waals surface area contributed by atoms with Gasteiger partial charge in [-0.05, 0) is 44.8 Å². The molecule has 1 aromatic rings. The van der Waals surface area contributed by atoms with Crippen LogP contribution in [0.15, 0.2) is 24.3 Å². The number of likely N-dealkylation sites (N-methyl/N-ethyl adjacent to an activating group) is 2. The van der Waals surface area contributed by atoms with Crippen LogP contribution in [0.1, 0.15) is 6.42 Å². The molecule has 96 valence electrons. The van der Waals surface area contributed by atoms with E-state index in [-0.39, 0.29) is 0 Å². The van der Waals surface area contributed by atoms with Crippen molar-refractivity contribution < 1.29 is 4.74 Å². The quantitative estimate of drug-likeness (QED) is 0.722. The van der Waals surface area contributed by atoms with E-state index in [0.29, 0.717) is 0 Å². The zero-order chi connectivity index (χ0) is 12.5. The predicted octanol–water partition coefficient (Wildman–Crippen LogP) is 2.26. The summed E-state index contributed by atoms with van der Waals surface area (Å²) in [6.45, 7) is 3.88. The van der Waals surface area contributed by atoms with Crippen LogP contribution in [0.2, 0.25) is 5.02 Å². The van der Waals surface area contributed by atoms with E-state index < -0.39 is 0 Å². The van der Waals surface area contributed by atoms with Gasteiger partial charge in [-0.15, -0.1) is 0 Å². The van der Waals surface area contributed by atoms with Crippen LogP contribution < -0.4 is 10.1 Å². The Morgan fingerprint density at radius 3 is 2.59 bits per heavy atom. The van der Waals surface area contributed by atoms with Gasteiger partial charge in [0.1, 0.15) is 5.75 Å². The van der Waals surface area contributed by atoms with E-state index in [0.717, 1.165) is 43.4 Å². The third-order valence-corrected chi connectivity index (χ3v) is 2.76. The second-order valence-corrected chi connectivity index (χ2v) is 4.50. The lowest BCUT2D eigenvalue weighted by Gasteiger charge is -2.16. The number of nitrogens with one attached hydrogen (secondary N) is 1. The topological polar surface area (TPSA) is 24.5 Å². The monoisotopic (exact) mass is 256 g/mol. The maximum Gasteiger partial charge on any atom is 0.119 e. The molecule has 0 aromatic heterocycles. The van der Waals surface area contributed by atoms with Crippen molar-refractivity contribution in [1.82, 2.24) is 10.2 Å². The van der Waals surface area contributed by atoms with Crippen molar-refractivity contribution in [1.29, 1.82) is 0 Å². The first-order valence-electron chi connectivity index (χ1n) is 5.94. The maximum absolute atomic E-state index is 5.79. The average Bonchev–Trinajstić information content (AvgIpc) is 2.34. The molecule has 1 rings (SSSR count). The van der Waals surface area contributed by atoms with Gasteiger partial charge in [0.2, 0.25) is 0 Å². The molecule has 0 spiro atoms. The minimum atomic E-state index is 0.740. The van der Waals surface area contributed by atoms with E-state index in [2.05, 4.69) is 17.3 Å². The fraction of sp³-hybridized carbons (Fsp3) is 0.538. The third-order valence-electron chi connectivity index (χ3n) is 2.51. The molecule has 1 N–H and O–H groups in total. The molecule has 0 saturated carbocycles. The lowest BCUT2D eigenvalue weighted by atomic mass is 10.3. The summed E-state index contributed by atoms with van der Waals surface area (Å²) in [4.78, 5) is 2.29. The molecule has 0 saturated heterocycles. The smallest absolute Gasteiger partial charge is 0.119 e. The number of ether oxygens (including phenoxy) is 1. The Bertz CT molecular complexity index is 303. The van der Waals surface area contributed by atoms with Gasteiger partial charge in [0, 0.05) is 24.7 Å². The van der Waals surface area contributed by atoms with Gasteiger partial charge in [0.25, 0.3) is 0 Å². The lowest BCUT2D eigenvalue weighted by molar-refractivity contribution is 0.263. The number of hydrogen-bond acceptors (Lipinski definition) is 3. The minimum absolute atomic E-state index is 0.740. The average molecular weight is 257 g/mol. The Kier molecular flexibility index (Phi) is 7.01. The van der Waals surface area contributed by atoms with Crippen LogP contribution in [0.5, 0.6) is 5.75 Å². The molecule has 3 nitrogen and oxygen atoms in total. The van der Waals surface area contributed by atoms with Crippen molar-refractivity contribution in [2.45, 2.75) is 6.42 Å². The maximum atomic E-state index is 5.79. The highest BCUT2D eigenvalue weighted by molar-refractivity contribution is 6.30. The van der Waals surface area contributed by atoms with Gasteiger partial charge in [-0.2, -0.15) is 0 Å². The van der Waals surface area contributed by atoms with Crippen LogP contribution in [-0.2, 0) is 0 Å². The number of rotatable bonds is 8. The number of hydrogen-bond donors (Lipinski definition) is 1. The van der Waals surface area contributed by atoms with Crippen molar-refractivity contribution in [3.05, 3.63) is 29.3 Å². The standard InChI is InChI=1S/C13H21ClN2O/c1-15-8-10-16(2)9-3-11-17-13-6-4-12(14)5-7-13/h4-7,15H,3,8-11H2,1-2H3. The second-order valence-electron chi connectivity index (χ2n) is 4.06. The van der Waals surface area contributed by atoms with E-state index in [1.165, 1.54) is 0 Å². The summed E-state index contributed by atoms with van der Waals surface area (Å²) >= 11 is 5.79. The molecule has 0 aliphatic rings. The molecule has 0 unspecified atom stereocenters. The van der Waals surface area contributed by atoms with Crippen molar-refractivity contribution in [3.8, 4) is 5.75 Å². The molecule has 0 aliphatic heterocycles.